The summed E-state index contributed by atoms with van der Waals surface area (Å²) in [5, 5.41) is 11.9. The molecule has 0 atom stereocenters. The molecule has 4 rings (SSSR count). The fourth-order valence-electron chi connectivity index (χ4n) is 2.85. The summed E-state index contributed by atoms with van der Waals surface area (Å²) in [6.07, 6.45) is 13.3. The van der Waals surface area contributed by atoms with Crippen molar-refractivity contribution in [1.29, 1.82) is 0 Å². The molecule has 0 saturated carbocycles. The standard InChI is InChI=1S/C23H17ClN6O2/c24-17-6-9-21(26-15-17)29-23(32)19-8-7-18(30-12-3-1-2-11-27-30)13-20(19)28-22(31)16-5-4-10-25-14-16/h1-15H,(H,28,31)(H,26,29,32). The molecule has 2 amide bonds. The fourth-order valence-corrected chi connectivity index (χ4v) is 2.96. The summed E-state index contributed by atoms with van der Waals surface area (Å²) in [6, 6.07) is 11.5. The van der Waals surface area contributed by atoms with Gasteiger partial charge in [0, 0.05) is 31.0 Å². The Morgan fingerprint density at radius 3 is 2.62 bits per heavy atom. The average molecular weight is 445 g/mol. The van der Waals surface area contributed by atoms with Gasteiger partial charge >= 0.3 is 0 Å². The lowest BCUT2D eigenvalue weighted by molar-refractivity contribution is 0.102. The fraction of sp³-hybridized carbons (Fsp3) is 0. The first-order valence-electron chi connectivity index (χ1n) is 9.55. The minimum Gasteiger partial charge on any atom is -0.321 e. The summed E-state index contributed by atoms with van der Waals surface area (Å²) < 4.78 is 0. The van der Waals surface area contributed by atoms with E-state index in [9.17, 15) is 9.59 Å². The monoisotopic (exact) mass is 444 g/mol. The number of allylic oxidation sites excluding steroid dienone is 3. The SMILES string of the molecule is O=C(Nc1cc(N2C=CC=CC=N2)ccc1C(=O)Nc1ccc(Cl)cn1)c1cccnc1. The zero-order chi connectivity index (χ0) is 22.3. The smallest absolute Gasteiger partial charge is 0.258 e. The van der Waals surface area contributed by atoms with Crippen LogP contribution < -0.4 is 15.6 Å². The molecule has 0 fully saturated rings. The lowest BCUT2D eigenvalue weighted by Gasteiger charge is -2.17. The Morgan fingerprint density at radius 1 is 0.938 bits per heavy atom. The number of hydrogen-bond acceptors (Lipinski definition) is 6. The van der Waals surface area contributed by atoms with Crippen LogP contribution in [0.5, 0.6) is 0 Å². The van der Waals surface area contributed by atoms with Crippen LogP contribution in [-0.4, -0.2) is 28.0 Å². The van der Waals surface area contributed by atoms with Crippen LogP contribution in [0.2, 0.25) is 5.02 Å². The van der Waals surface area contributed by atoms with Gasteiger partial charge in [-0.05, 0) is 54.6 Å². The molecule has 2 N–H and O–H groups in total. The molecule has 0 aliphatic carbocycles. The van der Waals surface area contributed by atoms with Crippen LogP contribution in [0.4, 0.5) is 17.2 Å². The van der Waals surface area contributed by atoms with Gasteiger partial charge in [0.2, 0.25) is 0 Å². The van der Waals surface area contributed by atoms with Crippen LogP contribution in [0.1, 0.15) is 20.7 Å². The highest BCUT2D eigenvalue weighted by Crippen LogP contribution is 2.26. The van der Waals surface area contributed by atoms with Gasteiger partial charge < -0.3 is 10.6 Å². The molecular formula is C23H17ClN6O2. The first-order valence-corrected chi connectivity index (χ1v) is 9.93. The first kappa shape index (κ1) is 21.0. The number of hydrazone groups is 1. The zero-order valence-electron chi connectivity index (χ0n) is 16.6. The number of benzene rings is 1. The van der Waals surface area contributed by atoms with Crippen LogP contribution in [0.15, 0.2) is 90.6 Å². The van der Waals surface area contributed by atoms with Gasteiger partial charge in [-0.1, -0.05) is 17.7 Å². The van der Waals surface area contributed by atoms with E-state index >= 15 is 0 Å². The third-order valence-corrected chi connectivity index (χ3v) is 4.60. The topological polar surface area (TPSA) is 99.6 Å². The Labute approximate surface area is 189 Å². The van der Waals surface area contributed by atoms with Crippen molar-refractivity contribution in [2.45, 2.75) is 0 Å². The summed E-state index contributed by atoms with van der Waals surface area (Å²) in [5.74, 6) is -0.505. The number of nitrogens with one attached hydrogen (secondary N) is 2. The first-order chi connectivity index (χ1) is 15.6. The van der Waals surface area contributed by atoms with E-state index in [0.717, 1.165) is 0 Å². The largest absolute Gasteiger partial charge is 0.321 e. The second-order valence-electron chi connectivity index (χ2n) is 6.58. The number of halogens is 1. The van der Waals surface area contributed by atoms with Crippen molar-refractivity contribution < 1.29 is 9.59 Å². The lowest BCUT2D eigenvalue weighted by atomic mass is 10.1. The number of nitrogens with zero attached hydrogens (tertiary/aromatic N) is 4. The van der Waals surface area contributed by atoms with Crippen LogP contribution >= 0.6 is 11.6 Å². The van der Waals surface area contributed by atoms with Gasteiger partial charge in [0.05, 0.1) is 27.5 Å². The molecule has 8 nitrogen and oxygen atoms in total. The number of aromatic nitrogens is 2. The third kappa shape index (κ3) is 5.05. The maximum absolute atomic E-state index is 13.0. The predicted octanol–water partition coefficient (Wildman–Crippen LogP) is 4.51. The molecule has 32 heavy (non-hydrogen) atoms. The van der Waals surface area contributed by atoms with Crippen molar-refractivity contribution in [2.75, 3.05) is 15.6 Å². The predicted molar refractivity (Wildman–Crippen MR) is 125 cm³/mol. The molecule has 9 heteroatoms. The van der Waals surface area contributed by atoms with Gasteiger partial charge in [-0.3, -0.25) is 14.6 Å². The summed E-state index contributed by atoms with van der Waals surface area (Å²) in [7, 11) is 0. The van der Waals surface area contributed by atoms with E-state index in [2.05, 4.69) is 25.7 Å². The van der Waals surface area contributed by atoms with Crippen LogP contribution in [0.3, 0.4) is 0 Å². The number of pyridine rings is 2. The van der Waals surface area contributed by atoms with E-state index in [1.807, 2.05) is 12.2 Å². The second kappa shape index (κ2) is 9.67. The van der Waals surface area contributed by atoms with Crippen molar-refractivity contribution in [2.24, 2.45) is 5.10 Å². The molecule has 158 valence electrons. The molecule has 3 aromatic rings. The number of amides is 2. The maximum atomic E-state index is 13.0. The molecule has 1 aliphatic rings. The van der Waals surface area contributed by atoms with Crippen molar-refractivity contribution in [3.63, 3.8) is 0 Å². The van der Waals surface area contributed by atoms with Crippen LogP contribution in [0.25, 0.3) is 0 Å². The Kier molecular flexibility index (Phi) is 6.33. The van der Waals surface area contributed by atoms with Gasteiger partial charge in [-0.25, -0.2) is 9.99 Å². The lowest BCUT2D eigenvalue weighted by Crippen LogP contribution is -2.19. The quantitative estimate of drug-likeness (QED) is 0.603. The molecule has 0 saturated heterocycles. The van der Waals surface area contributed by atoms with Gasteiger partial charge in [0.25, 0.3) is 11.8 Å². The molecule has 3 heterocycles. The Hall–Kier alpha value is -4.30. The summed E-state index contributed by atoms with van der Waals surface area (Å²) in [5.41, 5.74) is 1.58. The summed E-state index contributed by atoms with van der Waals surface area (Å²) in [4.78, 5) is 33.8. The van der Waals surface area contributed by atoms with E-state index in [4.69, 9.17) is 11.6 Å². The Balaban J connectivity index is 1.66. The normalized spacial score (nSPS) is 12.3. The van der Waals surface area contributed by atoms with Gasteiger partial charge in [-0.2, -0.15) is 5.10 Å². The molecule has 0 spiro atoms. The van der Waals surface area contributed by atoms with Gasteiger partial charge in [0.1, 0.15) is 5.82 Å². The van der Waals surface area contributed by atoms with E-state index < -0.39 is 11.8 Å². The Morgan fingerprint density at radius 2 is 1.84 bits per heavy atom. The maximum Gasteiger partial charge on any atom is 0.258 e. The number of carbonyl (C=O) groups excluding carboxylic acids is 2. The van der Waals surface area contributed by atoms with E-state index in [0.29, 0.717) is 27.8 Å². The number of rotatable bonds is 5. The highest BCUT2D eigenvalue weighted by molar-refractivity contribution is 6.30. The zero-order valence-corrected chi connectivity index (χ0v) is 17.4. The molecule has 0 bridgehead atoms. The van der Waals surface area contributed by atoms with Crippen molar-refractivity contribution >= 4 is 46.8 Å². The second-order valence-corrected chi connectivity index (χ2v) is 7.01. The highest BCUT2D eigenvalue weighted by Gasteiger charge is 2.17. The number of anilines is 3. The third-order valence-electron chi connectivity index (χ3n) is 4.38. The molecule has 2 aromatic heterocycles. The molecule has 0 radical (unpaired) electrons. The minimum atomic E-state index is -0.440. The summed E-state index contributed by atoms with van der Waals surface area (Å²) in [6.45, 7) is 0. The van der Waals surface area contributed by atoms with Crippen LogP contribution in [0, 0.1) is 0 Å². The molecule has 1 aromatic carbocycles. The summed E-state index contributed by atoms with van der Waals surface area (Å²) >= 11 is 5.85. The molecular weight excluding hydrogens is 428 g/mol. The van der Waals surface area contributed by atoms with Crippen molar-refractivity contribution in [3.8, 4) is 0 Å². The number of hydrogen-bond donors (Lipinski definition) is 2. The van der Waals surface area contributed by atoms with Crippen molar-refractivity contribution in [1.82, 2.24) is 9.97 Å². The number of carbonyl (C=O) groups is 2. The van der Waals surface area contributed by atoms with Gasteiger partial charge in [-0.15, -0.1) is 0 Å². The minimum absolute atomic E-state index is 0.253. The van der Waals surface area contributed by atoms with E-state index in [-0.39, 0.29) is 5.56 Å². The molecule has 0 unspecified atom stereocenters. The van der Waals surface area contributed by atoms with Crippen molar-refractivity contribution in [3.05, 3.63) is 102 Å². The van der Waals surface area contributed by atoms with E-state index in [1.54, 1.807) is 72.2 Å². The highest BCUT2D eigenvalue weighted by atomic mass is 35.5. The molecule has 1 aliphatic heterocycles. The Bertz CT molecular complexity index is 1210. The van der Waals surface area contributed by atoms with Gasteiger partial charge in [0.15, 0.2) is 0 Å². The van der Waals surface area contributed by atoms with Crippen LogP contribution in [-0.2, 0) is 0 Å². The van der Waals surface area contributed by atoms with E-state index in [1.165, 1.54) is 12.4 Å². The average Bonchev–Trinajstić information content (AvgIpc) is 3.11.